The van der Waals surface area contributed by atoms with Gasteiger partial charge in [-0.15, -0.1) is 0 Å². The molecule has 0 bridgehead atoms. The number of hydrogen-bond acceptors (Lipinski definition) is 4. The van der Waals surface area contributed by atoms with Gasteiger partial charge in [0.15, 0.2) is 11.5 Å². The van der Waals surface area contributed by atoms with Gasteiger partial charge in [-0.1, -0.05) is 60.1 Å². The molecule has 0 saturated heterocycles. The van der Waals surface area contributed by atoms with Crippen molar-refractivity contribution in [1.29, 1.82) is 0 Å². The van der Waals surface area contributed by atoms with Crippen LogP contribution in [0.15, 0.2) is 79.0 Å². The van der Waals surface area contributed by atoms with Crippen molar-refractivity contribution >= 4 is 17.5 Å². The number of benzene rings is 3. The lowest BCUT2D eigenvalue weighted by atomic mass is 10.2. The number of methoxy groups -OCH3 is 1. The zero-order valence-corrected chi connectivity index (χ0v) is 18.3. The standard InChI is InChI=1S/C25H24ClN3O2/c1-29-22(20-9-6-10-21(26)14-20)16-28-25(29)27-15-19-11-12-23(24(13-19)30-2)31-17-18-7-4-3-5-8-18/h3-14,16H,15,17H2,1-2H3,(H,27,28). The fourth-order valence-corrected chi connectivity index (χ4v) is 3.54. The Morgan fingerprint density at radius 2 is 1.77 bits per heavy atom. The molecule has 5 nitrogen and oxygen atoms in total. The first-order chi connectivity index (χ1) is 15.1. The zero-order chi connectivity index (χ0) is 21.6. The fourth-order valence-electron chi connectivity index (χ4n) is 3.35. The molecular formula is C25H24ClN3O2. The van der Waals surface area contributed by atoms with Gasteiger partial charge in [-0.2, -0.15) is 0 Å². The molecule has 158 valence electrons. The molecule has 1 heterocycles. The predicted octanol–water partition coefficient (Wildman–Crippen LogP) is 5.94. The third-order valence-corrected chi connectivity index (χ3v) is 5.26. The summed E-state index contributed by atoms with van der Waals surface area (Å²) < 4.78 is 13.5. The van der Waals surface area contributed by atoms with E-state index in [1.807, 2.05) is 90.6 Å². The molecule has 3 aromatic carbocycles. The van der Waals surface area contributed by atoms with Crippen LogP contribution in [0.4, 0.5) is 5.95 Å². The molecule has 0 radical (unpaired) electrons. The maximum absolute atomic E-state index is 6.13. The van der Waals surface area contributed by atoms with E-state index in [2.05, 4.69) is 10.3 Å². The molecule has 0 aliphatic heterocycles. The Labute approximate surface area is 187 Å². The quantitative estimate of drug-likeness (QED) is 0.373. The van der Waals surface area contributed by atoms with Gasteiger partial charge in [0.1, 0.15) is 6.61 Å². The van der Waals surface area contributed by atoms with E-state index in [1.54, 1.807) is 7.11 Å². The summed E-state index contributed by atoms with van der Waals surface area (Å²) in [6.07, 6.45) is 1.84. The summed E-state index contributed by atoms with van der Waals surface area (Å²) in [5.74, 6) is 2.20. The van der Waals surface area contributed by atoms with Crippen molar-refractivity contribution in [2.45, 2.75) is 13.2 Å². The lowest BCUT2D eigenvalue weighted by molar-refractivity contribution is 0.284. The summed E-state index contributed by atoms with van der Waals surface area (Å²) >= 11 is 6.13. The van der Waals surface area contributed by atoms with Gasteiger partial charge in [0.2, 0.25) is 5.95 Å². The smallest absolute Gasteiger partial charge is 0.203 e. The summed E-state index contributed by atoms with van der Waals surface area (Å²) in [6, 6.07) is 23.8. The van der Waals surface area contributed by atoms with Crippen molar-refractivity contribution in [2.75, 3.05) is 12.4 Å². The molecule has 6 heteroatoms. The topological polar surface area (TPSA) is 48.3 Å². The molecule has 1 aromatic heterocycles. The van der Waals surface area contributed by atoms with Gasteiger partial charge in [-0.3, -0.25) is 0 Å². The van der Waals surface area contributed by atoms with E-state index in [0.29, 0.717) is 23.9 Å². The van der Waals surface area contributed by atoms with E-state index in [9.17, 15) is 0 Å². The normalized spacial score (nSPS) is 10.7. The highest BCUT2D eigenvalue weighted by Gasteiger charge is 2.10. The Balaban J connectivity index is 1.43. The van der Waals surface area contributed by atoms with Gasteiger partial charge in [-0.05, 0) is 35.4 Å². The molecule has 0 saturated carbocycles. The van der Waals surface area contributed by atoms with Gasteiger partial charge in [0.25, 0.3) is 0 Å². The van der Waals surface area contributed by atoms with Gasteiger partial charge in [-0.25, -0.2) is 4.98 Å². The Bertz CT molecular complexity index is 1160. The number of aromatic nitrogens is 2. The van der Waals surface area contributed by atoms with Crippen molar-refractivity contribution in [3.05, 3.63) is 95.1 Å². The maximum atomic E-state index is 6.13. The Morgan fingerprint density at radius 1 is 0.935 bits per heavy atom. The molecule has 0 aliphatic carbocycles. The number of nitrogens with zero attached hydrogens (tertiary/aromatic N) is 2. The number of ether oxygens (including phenoxy) is 2. The van der Waals surface area contributed by atoms with Crippen LogP contribution in [0, 0.1) is 0 Å². The van der Waals surface area contributed by atoms with Crippen molar-refractivity contribution in [2.24, 2.45) is 7.05 Å². The lowest BCUT2D eigenvalue weighted by Gasteiger charge is -2.13. The van der Waals surface area contributed by atoms with E-state index in [-0.39, 0.29) is 0 Å². The van der Waals surface area contributed by atoms with E-state index < -0.39 is 0 Å². The van der Waals surface area contributed by atoms with Crippen LogP contribution in [0.1, 0.15) is 11.1 Å². The third-order valence-electron chi connectivity index (χ3n) is 5.02. The SMILES string of the molecule is COc1cc(CNc2ncc(-c3cccc(Cl)c3)n2C)ccc1OCc1ccccc1. The molecular weight excluding hydrogens is 410 g/mol. The van der Waals surface area contributed by atoms with Gasteiger partial charge >= 0.3 is 0 Å². The van der Waals surface area contributed by atoms with Crippen LogP contribution < -0.4 is 14.8 Å². The number of halogens is 1. The van der Waals surface area contributed by atoms with E-state index in [0.717, 1.165) is 34.1 Å². The average molecular weight is 434 g/mol. The van der Waals surface area contributed by atoms with Crippen LogP contribution in [0.3, 0.4) is 0 Å². The van der Waals surface area contributed by atoms with E-state index in [4.69, 9.17) is 21.1 Å². The van der Waals surface area contributed by atoms with Gasteiger partial charge in [0, 0.05) is 24.2 Å². The number of anilines is 1. The predicted molar refractivity (Wildman–Crippen MR) is 125 cm³/mol. The van der Waals surface area contributed by atoms with Crippen LogP contribution >= 0.6 is 11.6 Å². The molecule has 0 amide bonds. The van der Waals surface area contributed by atoms with Gasteiger partial charge in [0.05, 0.1) is 19.0 Å². The van der Waals surface area contributed by atoms with Crippen LogP contribution in [0.25, 0.3) is 11.3 Å². The second-order valence-electron chi connectivity index (χ2n) is 7.15. The van der Waals surface area contributed by atoms with Crippen molar-refractivity contribution in [3.8, 4) is 22.8 Å². The summed E-state index contributed by atoms with van der Waals surface area (Å²) in [5, 5.41) is 4.09. The minimum absolute atomic E-state index is 0.494. The monoisotopic (exact) mass is 433 g/mol. The highest BCUT2D eigenvalue weighted by molar-refractivity contribution is 6.30. The van der Waals surface area contributed by atoms with Crippen LogP contribution in [-0.4, -0.2) is 16.7 Å². The summed E-state index contributed by atoms with van der Waals surface area (Å²) in [7, 11) is 3.63. The minimum Gasteiger partial charge on any atom is -0.493 e. The molecule has 1 N–H and O–H groups in total. The number of rotatable bonds is 8. The Hall–Kier alpha value is -3.44. The van der Waals surface area contributed by atoms with Crippen molar-refractivity contribution in [3.63, 3.8) is 0 Å². The molecule has 0 fully saturated rings. The lowest BCUT2D eigenvalue weighted by Crippen LogP contribution is -2.06. The molecule has 0 atom stereocenters. The largest absolute Gasteiger partial charge is 0.493 e. The highest BCUT2D eigenvalue weighted by Crippen LogP contribution is 2.29. The van der Waals surface area contributed by atoms with E-state index in [1.165, 1.54) is 0 Å². The molecule has 0 aliphatic rings. The fraction of sp³-hybridized carbons (Fsp3) is 0.160. The average Bonchev–Trinajstić information content (AvgIpc) is 3.17. The zero-order valence-electron chi connectivity index (χ0n) is 17.5. The second kappa shape index (κ2) is 9.58. The van der Waals surface area contributed by atoms with Crippen LogP contribution in [-0.2, 0) is 20.2 Å². The Kier molecular flexibility index (Phi) is 6.43. The molecule has 0 spiro atoms. The first kappa shape index (κ1) is 20.8. The third kappa shape index (κ3) is 5.01. The summed E-state index contributed by atoms with van der Waals surface area (Å²) in [6.45, 7) is 1.10. The minimum atomic E-state index is 0.494. The second-order valence-corrected chi connectivity index (χ2v) is 7.59. The van der Waals surface area contributed by atoms with Crippen molar-refractivity contribution in [1.82, 2.24) is 9.55 Å². The van der Waals surface area contributed by atoms with E-state index >= 15 is 0 Å². The number of hydrogen-bond donors (Lipinski definition) is 1. The molecule has 31 heavy (non-hydrogen) atoms. The molecule has 0 unspecified atom stereocenters. The first-order valence-electron chi connectivity index (χ1n) is 9.99. The summed E-state index contributed by atoms with van der Waals surface area (Å²) in [5.41, 5.74) is 4.20. The molecule has 4 aromatic rings. The molecule has 4 rings (SSSR count). The first-order valence-corrected chi connectivity index (χ1v) is 10.4. The maximum Gasteiger partial charge on any atom is 0.203 e. The Morgan fingerprint density at radius 3 is 2.55 bits per heavy atom. The summed E-state index contributed by atoms with van der Waals surface area (Å²) in [4.78, 5) is 4.51. The number of nitrogens with one attached hydrogen (secondary N) is 1. The van der Waals surface area contributed by atoms with Gasteiger partial charge < -0.3 is 19.4 Å². The number of imidazole rings is 1. The van der Waals surface area contributed by atoms with Crippen LogP contribution in [0.5, 0.6) is 11.5 Å². The highest BCUT2D eigenvalue weighted by atomic mass is 35.5. The van der Waals surface area contributed by atoms with Crippen molar-refractivity contribution < 1.29 is 9.47 Å². The van der Waals surface area contributed by atoms with Crippen LogP contribution in [0.2, 0.25) is 5.02 Å².